The van der Waals surface area contributed by atoms with Crippen molar-refractivity contribution in [3.05, 3.63) is 95.1 Å². The summed E-state index contributed by atoms with van der Waals surface area (Å²) in [6.07, 6.45) is 1.54. The van der Waals surface area contributed by atoms with Crippen LogP contribution in [0.1, 0.15) is 17.0 Å². The molecular formula is C24H17Br3FN3O3. The highest BCUT2D eigenvalue weighted by Crippen LogP contribution is 2.42. The van der Waals surface area contributed by atoms with Crippen molar-refractivity contribution in [2.45, 2.75) is 13.5 Å². The van der Waals surface area contributed by atoms with E-state index in [9.17, 15) is 9.18 Å². The standard InChI is InChI=1S/C24H17Br3FN3O3/c1-13-30-19-8-5-16(25)10-18(19)24(32)31(13)29-11-15-9-20(33-2)23(22(27)21(15)26)34-12-14-3-6-17(28)7-4-14/h3-11H,12H2,1-2H3. The Labute approximate surface area is 219 Å². The van der Waals surface area contributed by atoms with E-state index in [4.69, 9.17) is 9.47 Å². The average molecular weight is 654 g/mol. The highest BCUT2D eigenvalue weighted by molar-refractivity contribution is 9.13. The molecule has 4 rings (SSSR count). The van der Waals surface area contributed by atoms with E-state index < -0.39 is 0 Å². The second kappa shape index (κ2) is 10.4. The summed E-state index contributed by atoms with van der Waals surface area (Å²) in [5, 5.41) is 4.84. The van der Waals surface area contributed by atoms with Crippen LogP contribution in [0.5, 0.6) is 11.5 Å². The molecule has 0 aliphatic heterocycles. The number of halogens is 4. The lowest BCUT2D eigenvalue weighted by Gasteiger charge is -2.15. The highest BCUT2D eigenvalue weighted by Gasteiger charge is 2.17. The zero-order valence-corrected chi connectivity index (χ0v) is 22.7. The molecule has 0 fully saturated rings. The third kappa shape index (κ3) is 5.08. The van der Waals surface area contributed by atoms with Crippen LogP contribution in [0.2, 0.25) is 0 Å². The van der Waals surface area contributed by atoms with E-state index in [1.165, 1.54) is 23.9 Å². The number of ether oxygens (including phenoxy) is 2. The lowest BCUT2D eigenvalue weighted by molar-refractivity contribution is 0.282. The highest BCUT2D eigenvalue weighted by atomic mass is 79.9. The second-order valence-electron chi connectivity index (χ2n) is 7.22. The summed E-state index contributed by atoms with van der Waals surface area (Å²) in [6, 6.07) is 13.1. The van der Waals surface area contributed by atoms with Crippen LogP contribution in [-0.4, -0.2) is 23.0 Å². The number of rotatable bonds is 6. The third-order valence-corrected chi connectivity index (χ3v) is 7.59. The summed E-state index contributed by atoms with van der Waals surface area (Å²) in [4.78, 5) is 17.5. The van der Waals surface area contributed by atoms with Crippen LogP contribution in [-0.2, 0) is 6.61 Å². The molecule has 0 aliphatic rings. The zero-order valence-electron chi connectivity index (χ0n) is 18.0. The average Bonchev–Trinajstić information content (AvgIpc) is 2.82. The van der Waals surface area contributed by atoms with Gasteiger partial charge in [0.1, 0.15) is 18.2 Å². The van der Waals surface area contributed by atoms with Crippen molar-refractivity contribution in [3.8, 4) is 11.5 Å². The summed E-state index contributed by atoms with van der Waals surface area (Å²) < 4.78 is 27.9. The number of nitrogens with zero attached hydrogens (tertiary/aromatic N) is 3. The van der Waals surface area contributed by atoms with Gasteiger partial charge in [0.2, 0.25) is 0 Å². The molecular weight excluding hydrogens is 637 g/mol. The number of hydrogen-bond acceptors (Lipinski definition) is 5. The molecule has 1 aromatic heterocycles. The second-order valence-corrected chi connectivity index (χ2v) is 9.72. The maximum atomic E-state index is 13.2. The van der Waals surface area contributed by atoms with Crippen molar-refractivity contribution in [1.29, 1.82) is 0 Å². The van der Waals surface area contributed by atoms with Gasteiger partial charge in [0, 0.05) is 14.5 Å². The zero-order chi connectivity index (χ0) is 24.4. The van der Waals surface area contributed by atoms with Crippen LogP contribution in [0.3, 0.4) is 0 Å². The molecule has 34 heavy (non-hydrogen) atoms. The van der Waals surface area contributed by atoms with Gasteiger partial charge in [-0.3, -0.25) is 4.79 Å². The first kappa shape index (κ1) is 24.6. The molecule has 0 saturated carbocycles. The van der Waals surface area contributed by atoms with Crippen LogP contribution in [0.4, 0.5) is 4.39 Å². The number of methoxy groups -OCH3 is 1. The predicted octanol–water partition coefficient (Wildman–Crippen LogP) is 6.60. The van der Waals surface area contributed by atoms with Crippen LogP contribution in [0.25, 0.3) is 10.9 Å². The Kier molecular flexibility index (Phi) is 7.49. The van der Waals surface area contributed by atoms with Crippen molar-refractivity contribution < 1.29 is 13.9 Å². The molecule has 0 bridgehead atoms. The molecule has 6 nitrogen and oxygen atoms in total. The van der Waals surface area contributed by atoms with Crippen LogP contribution in [0.15, 0.2) is 71.8 Å². The lowest BCUT2D eigenvalue weighted by Crippen LogP contribution is -2.20. The molecule has 174 valence electrons. The number of hydrogen-bond donors (Lipinski definition) is 0. The van der Waals surface area contributed by atoms with Crippen molar-refractivity contribution in [3.63, 3.8) is 0 Å². The minimum atomic E-state index is -0.308. The Hall–Kier alpha value is -2.56. The van der Waals surface area contributed by atoms with Crippen molar-refractivity contribution in [1.82, 2.24) is 9.66 Å². The molecule has 0 aliphatic carbocycles. The summed E-state index contributed by atoms with van der Waals surface area (Å²) in [6.45, 7) is 1.94. The minimum Gasteiger partial charge on any atom is -0.493 e. The molecule has 0 unspecified atom stereocenters. The van der Waals surface area contributed by atoms with Gasteiger partial charge in [0.25, 0.3) is 5.56 Å². The van der Waals surface area contributed by atoms with Gasteiger partial charge in [-0.25, -0.2) is 9.37 Å². The molecule has 4 aromatic rings. The summed E-state index contributed by atoms with van der Waals surface area (Å²) in [5.41, 5.74) is 1.78. The molecule has 0 amide bonds. The summed E-state index contributed by atoms with van der Waals surface area (Å²) in [7, 11) is 1.53. The first-order valence-electron chi connectivity index (χ1n) is 9.95. The van der Waals surface area contributed by atoms with Gasteiger partial charge in [-0.1, -0.05) is 28.1 Å². The SMILES string of the molecule is COc1cc(C=Nn2c(C)nc3ccc(Br)cc3c2=O)c(Br)c(Br)c1OCc1ccc(F)cc1. The number of aromatic nitrogens is 2. The summed E-state index contributed by atoms with van der Waals surface area (Å²) >= 11 is 10.5. The molecule has 3 aromatic carbocycles. The molecule has 0 radical (unpaired) electrons. The van der Waals surface area contributed by atoms with E-state index in [0.29, 0.717) is 42.7 Å². The van der Waals surface area contributed by atoms with E-state index in [-0.39, 0.29) is 18.0 Å². The Morgan fingerprint density at radius 2 is 1.82 bits per heavy atom. The Morgan fingerprint density at radius 1 is 1.09 bits per heavy atom. The van der Waals surface area contributed by atoms with E-state index in [1.807, 2.05) is 6.07 Å². The third-order valence-electron chi connectivity index (χ3n) is 4.95. The lowest BCUT2D eigenvalue weighted by atomic mass is 10.2. The first-order chi connectivity index (χ1) is 16.3. The van der Waals surface area contributed by atoms with E-state index in [1.54, 1.807) is 43.5 Å². The van der Waals surface area contributed by atoms with Gasteiger partial charge >= 0.3 is 0 Å². The van der Waals surface area contributed by atoms with Crippen LogP contribution < -0.4 is 15.0 Å². The fourth-order valence-electron chi connectivity index (χ4n) is 3.24. The monoisotopic (exact) mass is 651 g/mol. The van der Waals surface area contributed by atoms with E-state index in [0.717, 1.165) is 10.0 Å². The number of benzene rings is 3. The molecule has 0 N–H and O–H groups in total. The van der Waals surface area contributed by atoms with Gasteiger partial charge < -0.3 is 9.47 Å². The van der Waals surface area contributed by atoms with Crippen LogP contribution >= 0.6 is 47.8 Å². The number of aryl methyl sites for hydroxylation is 1. The molecule has 0 saturated heterocycles. The minimum absolute atomic E-state index is 0.224. The Bertz CT molecular complexity index is 1470. The van der Waals surface area contributed by atoms with Gasteiger partial charge in [0.05, 0.1) is 28.7 Å². The van der Waals surface area contributed by atoms with Crippen LogP contribution in [0, 0.1) is 12.7 Å². The fraction of sp³-hybridized carbons (Fsp3) is 0.125. The smallest absolute Gasteiger partial charge is 0.282 e. The van der Waals surface area contributed by atoms with E-state index >= 15 is 0 Å². The van der Waals surface area contributed by atoms with Crippen molar-refractivity contribution in [2.75, 3.05) is 7.11 Å². The van der Waals surface area contributed by atoms with E-state index in [2.05, 4.69) is 57.9 Å². The topological polar surface area (TPSA) is 65.7 Å². The molecule has 1 heterocycles. The quantitative estimate of drug-likeness (QED) is 0.220. The number of fused-ring (bicyclic) bond motifs is 1. The van der Waals surface area contributed by atoms with Gasteiger partial charge in [-0.15, -0.1) is 0 Å². The molecule has 0 atom stereocenters. The van der Waals surface area contributed by atoms with Crippen molar-refractivity contribution in [2.24, 2.45) is 5.10 Å². The van der Waals surface area contributed by atoms with Gasteiger partial charge in [-0.2, -0.15) is 9.78 Å². The Balaban J connectivity index is 1.68. The molecule has 0 spiro atoms. The first-order valence-corrected chi connectivity index (χ1v) is 12.3. The largest absolute Gasteiger partial charge is 0.493 e. The maximum Gasteiger partial charge on any atom is 0.282 e. The maximum absolute atomic E-state index is 13.2. The Morgan fingerprint density at radius 3 is 2.53 bits per heavy atom. The van der Waals surface area contributed by atoms with Gasteiger partial charge in [0.15, 0.2) is 11.5 Å². The summed E-state index contributed by atoms with van der Waals surface area (Å²) in [5.74, 6) is 1.08. The fourth-order valence-corrected chi connectivity index (χ4v) is 4.53. The molecule has 10 heteroatoms. The normalized spacial score (nSPS) is 11.4. The van der Waals surface area contributed by atoms with Gasteiger partial charge in [-0.05, 0) is 80.7 Å². The van der Waals surface area contributed by atoms with Crippen molar-refractivity contribution >= 4 is 64.9 Å². The predicted molar refractivity (Wildman–Crippen MR) is 141 cm³/mol.